The van der Waals surface area contributed by atoms with E-state index in [1.165, 1.54) is 5.38 Å². The molecule has 2 unspecified atom stereocenters. The molecule has 3 N–H and O–H groups in total. The Morgan fingerprint density at radius 1 is 1.42 bits per heavy atom. The SMILES string of the molecule is CC1(C)CCCC1C(NN)c1cscc1C(F)(F)F. The van der Waals surface area contributed by atoms with E-state index in [1.807, 2.05) is 0 Å². The predicted octanol–water partition coefficient (Wildman–Crippen LogP) is 4.10. The molecule has 1 aliphatic rings. The summed E-state index contributed by atoms with van der Waals surface area (Å²) in [7, 11) is 0. The normalized spacial score (nSPS) is 24.6. The first-order valence-corrected chi connectivity index (χ1v) is 7.31. The van der Waals surface area contributed by atoms with Gasteiger partial charge in [0.1, 0.15) is 0 Å². The third kappa shape index (κ3) is 2.80. The molecule has 6 heteroatoms. The molecule has 1 heterocycles. The summed E-state index contributed by atoms with van der Waals surface area (Å²) in [5.41, 5.74) is 2.38. The fourth-order valence-corrected chi connectivity index (χ4v) is 4.07. The van der Waals surface area contributed by atoms with E-state index in [1.54, 1.807) is 5.38 Å². The quantitative estimate of drug-likeness (QED) is 0.650. The van der Waals surface area contributed by atoms with E-state index in [2.05, 4.69) is 19.3 Å². The molecular weight excluding hydrogens is 273 g/mol. The molecule has 2 nitrogen and oxygen atoms in total. The zero-order valence-electron chi connectivity index (χ0n) is 11.1. The lowest BCUT2D eigenvalue weighted by atomic mass is 9.75. The van der Waals surface area contributed by atoms with Crippen molar-refractivity contribution in [3.63, 3.8) is 0 Å². The Bertz CT molecular complexity index is 439. The van der Waals surface area contributed by atoms with Crippen LogP contribution in [-0.4, -0.2) is 0 Å². The van der Waals surface area contributed by atoms with Gasteiger partial charge in [0.15, 0.2) is 0 Å². The van der Waals surface area contributed by atoms with Crippen molar-refractivity contribution in [1.29, 1.82) is 0 Å². The number of nitrogens with two attached hydrogens (primary N) is 1. The van der Waals surface area contributed by atoms with Crippen LogP contribution < -0.4 is 11.3 Å². The summed E-state index contributed by atoms with van der Waals surface area (Å²) in [6, 6.07) is -0.430. The van der Waals surface area contributed by atoms with Crippen molar-refractivity contribution in [3.05, 3.63) is 21.9 Å². The molecule has 1 aliphatic carbocycles. The van der Waals surface area contributed by atoms with Crippen molar-refractivity contribution >= 4 is 11.3 Å². The number of halogens is 3. The van der Waals surface area contributed by atoms with Gasteiger partial charge < -0.3 is 0 Å². The van der Waals surface area contributed by atoms with Gasteiger partial charge in [-0.25, -0.2) is 0 Å². The summed E-state index contributed by atoms with van der Waals surface area (Å²) in [5.74, 6) is 5.70. The highest BCUT2D eigenvalue weighted by atomic mass is 32.1. The molecule has 0 spiro atoms. The summed E-state index contributed by atoms with van der Waals surface area (Å²) in [5, 5.41) is 2.74. The molecule has 0 aromatic carbocycles. The lowest BCUT2D eigenvalue weighted by Gasteiger charge is -2.34. The highest BCUT2D eigenvalue weighted by molar-refractivity contribution is 7.08. The van der Waals surface area contributed by atoms with E-state index in [4.69, 9.17) is 5.84 Å². The number of rotatable bonds is 3. The summed E-state index contributed by atoms with van der Waals surface area (Å²) in [6.07, 6.45) is -1.33. The van der Waals surface area contributed by atoms with Gasteiger partial charge in [-0.05, 0) is 35.1 Å². The van der Waals surface area contributed by atoms with E-state index < -0.39 is 17.8 Å². The average molecular weight is 292 g/mol. The fourth-order valence-electron chi connectivity index (χ4n) is 3.17. The Balaban J connectivity index is 2.36. The molecule has 108 valence electrons. The Morgan fingerprint density at radius 2 is 2.11 bits per heavy atom. The number of nitrogens with one attached hydrogen (secondary N) is 1. The van der Waals surface area contributed by atoms with E-state index in [-0.39, 0.29) is 11.3 Å². The maximum Gasteiger partial charge on any atom is 0.417 e. The second-order valence-electron chi connectivity index (χ2n) is 5.87. The molecule has 0 amide bonds. The second-order valence-corrected chi connectivity index (χ2v) is 6.61. The van der Waals surface area contributed by atoms with Crippen LogP contribution in [0.2, 0.25) is 0 Å². The minimum Gasteiger partial charge on any atom is -0.271 e. The Kier molecular flexibility index (Phi) is 3.95. The van der Waals surface area contributed by atoms with Gasteiger partial charge in [-0.15, -0.1) is 0 Å². The topological polar surface area (TPSA) is 38.0 Å². The molecule has 1 aromatic heterocycles. The second kappa shape index (κ2) is 5.07. The third-order valence-electron chi connectivity index (χ3n) is 4.25. The smallest absolute Gasteiger partial charge is 0.271 e. The molecular formula is C13H19F3N2S. The van der Waals surface area contributed by atoms with Gasteiger partial charge >= 0.3 is 6.18 Å². The molecule has 19 heavy (non-hydrogen) atoms. The molecule has 0 radical (unpaired) electrons. The van der Waals surface area contributed by atoms with E-state index in [0.717, 1.165) is 30.6 Å². The van der Waals surface area contributed by atoms with Crippen LogP contribution in [-0.2, 0) is 6.18 Å². The van der Waals surface area contributed by atoms with Gasteiger partial charge in [0.05, 0.1) is 11.6 Å². The van der Waals surface area contributed by atoms with E-state index in [9.17, 15) is 13.2 Å². The van der Waals surface area contributed by atoms with Crippen molar-refractivity contribution in [2.75, 3.05) is 0 Å². The molecule has 0 saturated heterocycles. The van der Waals surface area contributed by atoms with Crippen LogP contribution in [0.3, 0.4) is 0 Å². The van der Waals surface area contributed by atoms with Crippen molar-refractivity contribution in [3.8, 4) is 0 Å². The van der Waals surface area contributed by atoms with Gasteiger partial charge in [-0.3, -0.25) is 11.3 Å². The van der Waals surface area contributed by atoms with Gasteiger partial charge in [-0.1, -0.05) is 20.3 Å². The Morgan fingerprint density at radius 3 is 2.58 bits per heavy atom. The molecule has 2 rings (SSSR count). The monoisotopic (exact) mass is 292 g/mol. The lowest BCUT2D eigenvalue weighted by Crippen LogP contribution is -2.38. The van der Waals surface area contributed by atoms with Crippen molar-refractivity contribution < 1.29 is 13.2 Å². The minimum atomic E-state index is -4.31. The van der Waals surface area contributed by atoms with E-state index in [0.29, 0.717) is 5.56 Å². The van der Waals surface area contributed by atoms with Gasteiger partial charge in [0, 0.05) is 5.38 Å². The average Bonchev–Trinajstić information content (AvgIpc) is 2.87. The van der Waals surface area contributed by atoms with Crippen LogP contribution >= 0.6 is 11.3 Å². The largest absolute Gasteiger partial charge is 0.417 e. The first kappa shape index (κ1) is 14.8. The maximum atomic E-state index is 13.0. The van der Waals surface area contributed by atoms with Gasteiger partial charge in [-0.2, -0.15) is 24.5 Å². The van der Waals surface area contributed by atoms with Crippen molar-refractivity contribution in [2.24, 2.45) is 17.2 Å². The lowest BCUT2D eigenvalue weighted by molar-refractivity contribution is -0.138. The summed E-state index contributed by atoms with van der Waals surface area (Å²) < 4.78 is 39.0. The highest BCUT2D eigenvalue weighted by Crippen LogP contribution is 2.50. The molecule has 2 atom stereocenters. The first-order valence-electron chi connectivity index (χ1n) is 6.37. The van der Waals surface area contributed by atoms with Crippen LogP contribution in [0.1, 0.15) is 50.3 Å². The minimum absolute atomic E-state index is 0.0157. The molecule has 0 bridgehead atoms. The van der Waals surface area contributed by atoms with Gasteiger partial charge in [0.25, 0.3) is 0 Å². The standard InChI is InChI=1S/C13H19F3N2S/c1-12(2)5-3-4-9(12)11(18-17)8-6-19-7-10(8)13(14,15)16/h6-7,9,11,18H,3-5,17H2,1-2H3. The van der Waals surface area contributed by atoms with Crippen LogP contribution in [0, 0.1) is 11.3 Å². The zero-order chi connectivity index (χ0) is 14.3. The highest BCUT2D eigenvalue weighted by Gasteiger charge is 2.43. The number of hydrogen-bond acceptors (Lipinski definition) is 3. The Hall–Kier alpha value is -0.590. The molecule has 1 aromatic rings. The van der Waals surface area contributed by atoms with E-state index >= 15 is 0 Å². The fraction of sp³-hybridized carbons (Fsp3) is 0.692. The molecule has 1 fully saturated rings. The van der Waals surface area contributed by atoms with Crippen LogP contribution in [0.5, 0.6) is 0 Å². The van der Waals surface area contributed by atoms with Crippen LogP contribution in [0.25, 0.3) is 0 Å². The number of thiophene rings is 1. The number of hydrogen-bond donors (Lipinski definition) is 2. The van der Waals surface area contributed by atoms with Gasteiger partial charge in [0.2, 0.25) is 0 Å². The Labute approximate surface area is 115 Å². The maximum absolute atomic E-state index is 13.0. The third-order valence-corrected chi connectivity index (χ3v) is 5.02. The van der Waals surface area contributed by atoms with Crippen LogP contribution in [0.4, 0.5) is 13.2 Å². The van der Waals surface area contributed by atoms with Crippen molar-refractivity contribution in [2.45, 2.75) is 45.3 Å². The summed E-state index contributed by atoms with van der Waals surface area (Å²) in [6.45, 7) is 4.21. The predicted molar refractivity (Wildman–Crippen MR) is 70.5 cm³/mol. The van der Waals surface area contributed by atoms with Crippen LogP contribution in [0.15, 0.2) is 10.8 Å². The summed E-state index contributed by atoms with van der Waals surface area (Å²) >= 11 is 1.08. The number of alkyl halides is 3. The first-order chi connectivity index (χ1) is 8.77. The number of hydrazine groups is 1. The summed E-state index contributed by atoms with van der Waals surface area (Å²) in [4.78, 5) is 0. The molecule has 1 saturated carbocycles. The van der Waals surface area contributed by atoms with Crippen molar-refractivity contribution in [1.82, 2.24) is 5.43 Å². The molecule has 0 aliphatic heterocycles. The zero-order valence-corrected chi connectivity index (χ0v) is 11.9.